The first-order valence-corrected chi connectivity index (χ1v) is 5.76. The molecule has 0 aliphatic heterocycles. The van der Waals surface area contributed by atoms with Gasteiger partial charge >= 0.3 is 0 Å². The molecule has 0 radical (unpaired) electrons. The lowest BCUT2D eigenvalue weighted by atomic mass is 10.1. The van der Waals surface area contributed by atoms with E-state index in [9.17, 15) is 0 Å². The molecule has 80 valence electrons. The van der Waals surface area contributed by atoms with Gasteiger partial charge in [0.2, 0.25) is 0 Å². The molecule has 14 heavy (non-hydrogen) atoms. The number of ether oxygens (including phenoxy) is 1. The van der Waals surface area contributed by atoms with E-state index in [2.05, 4.69) is 19.2 Å². The van der Waals surface area contributed by atoms with Crippen LogP contribution in [0.4, 0.5) is 0 Å². The van der Waals surface area contributed by atoms with Gasteiger partial charge in [0.15, 0.2) is 0 Å². The third-order valence-corrected chi connectivity index (χ3v) is 3.15. The van der Waals surface area contributed by atoms with E-state index in [4.69, 9.17) is 16.3 Å². The Morgan fingerprint density at radius 3 is 2.79 bits per heavy atom. The van der Waals surface area contributed by atoms with Crippen molar-refractivity contribution in [2.24, 2.45) is 0 Å². The van der Waals surface area contributed by atoms with Gasteiger partial charge in [0.1, 0.15) is 0 Å². The Bertz CT molecular complexity index is 285. The number of thiophene rings is 1. The summed E-state index contributed by atoms with van der Waals surface area (Å²) in [6.07, 6.45) is 0. The quantitative estimate of drug-likeness (QED) is 0.845. The largest absolute Gasteiger partial charge is 0.383 e. The molecule has 0 saturated carbocycles. The normalized spacial score (nSPS) is 12.0. The van der Waals surface area contributed by atoms with Crippen LogP contribution in [0, 0.1) is 0 Å². The number of hydrogen-bond donors (Lipinski definition) is 1. The average molecular weight is 234 g/mol. The molecule has 1 rings (SSSR count). The second-order valence-corrected chi connectivity index (χ2v) is 5.33. The minimum absolute atomic E-state index is 0.00517. The standard InChI is InChI=1S/C10H16ClNOS/c1-10(2,7-13-3)12-5-9-4-8(11)6-14-9/h4,6,12H,5,7H2,1-3H3. The van der Waals surface area contributed by atoms with Crippen molar-refractivity contribution in [3.8, 4) is 0 Å². The highest BCUT2D eigenvalue weighted by molar-refractivity contribution is 7.10. The van der Waals surface area contributed by atoms with E-state index in [1.54, 1.807) is 18.4 Å². The fourth-order valence-corrected chi connectivity index (χ4v) is 2.20. The zero-order valence-electron chi connectivity index (χ0n) is 8.76. The summed E-state index contributed by atoms with van der Waals surface area (Å²) in [6.45, 7) is 5.78. The molecule has 0 aliphatic carbocycles. The minimum Gasteiger partial charge on any atom is -0.383 e. The molecule has 1 N–H and O–H groups in total. The summed E-state index contributed by atoms with van der Waals surface area (Å²) in [5, 5.41) is 6.18. The fourth-order valence-electron chi connectivity index (χ4n) is 1.18. The van der Waals surface area contributed by atoms with E-state index in [0.29, 0.717) is 6.61 Å². The molecule has 0 fully saturated rings. The van der Waals surface area contributed by atoms with Gasteiger partial charge < -0.3 is 10.1 Å². The number of hydrogen-bond acceptors (Lipinski definition) is 3. The third kappa shape index (κ3) is 3.96. The number of halogens is 1. The molecule has 0 amide bonds. The number of rotatable bonds is 5. The lowest BCUT2D eigenvalue weighted by Crippen LogP contribution is -2.42. The lowest BCUT2D eigenvalue weighted by molar-refractivity contribution is 0.128. The molecule has 0 unspecified atom stereocenters. The van der Waals surface area contributed by atoms with Crippen LogP contribution in [0.2, 0.25) is 5.02 Å². The van der Waals surface area contributed by atoms with Gasteiger partial charge in [0.05, 0.1) is 11.6 Å². The van der Waals surface area contributed by atoms with E-state index in [0.717, 1.165) is 11.6 Å². The molecule has 1 aromatic heterocycles. The van der Waals surface area contributed by atoms with Crippen molar-refractivity contribution in [2.45, 2.75) is 25.9 Å². The summed E-state index contributed by atoms with van der Waals surface area (Å²) in [5.41, 5.74) is 0.00517. The first-order chi connectivity index (χ1) is 6.53. The minimum atomic E-state index is 0.00517. The van der Waals surface area contributed by atoms with Crippen molar-refractivity contribution >= 4 is 22.9 Å². The Labute approximate surface area is 94.2 Å². The van der Waals surface area contributed by atoms with Gasteiger partial charge in [0.25, 0.3) is 0 Å². The monoisotopic (exact) mass is 233 g/mol. The molecule has 1 heterocycles. The van der Waals surface area contributed by atoms with Crippen LogP contribution in [0.25, 0.3) is 0 Å². The molecule has 0 spiro atoms. The average Bonchev–Trinajstić information content (AvgIpc) is 2.48. The van der Waals surface area contributed by atoms with Gasteiger partial charge in [-0.1, -0.05) is 11.6 Å². The van der Waals surface area contributed by atoms with Gasteiger partial charge in [-0.25, -0.2) is 0 Å². The third-order valence-electron chi connectivity index (χ3n) is 1.87. The van der Waals surface area contributed by atoms with Gasteiger partial charge in [-0.05, 0) is 19.9 Å². The molecule has 0 bridgehead atoms. The summed E-state index contributed by atoms with van der Waals surface area (Å²) in [5.74, 6) is 0. The topological polar surface area (TPSA) is 21.3 Å². The van der Waals surface area contributed by atoms with E-state index in [1.807, 2.05) is 11.4 Å². The summed E-state index contributed by atoms with van der Waals surface area (Å²) >= 11 is 7.50. The van der Waals surface area contributed by atoms with Crippen LogP contribution in [-0.2, 0) is 11.3 Å². The molecule has 1 aromatic rings. The van der Waals surface area contributed by atoms with Crippen LogP contribution in [-0.4, -0.2) is 19.3 Å². The Kier molecular flexibility index (Phi) is 4.38. The molecular weight excluding hydrogens is 218 g/mol. The maximum Gasteiger partial charge on any atom is 0.0639 e. The van der Waals surface area contributed by atoms with E-state index in [1.165, 1.54) is 4.88 Å². The lowest BCUT2D eigenvalue weighted by Gasteiger charge is -2.24. The Morgan fingerprint density at radius 2 is 2.29 bits per heavy atom. The van der Waals surface area contributed by atoms with Crippen LogP contribution < -0.4 is 5.32 Å². The maximum atomic E-state index is 5.83. The van der Waals surface area contributed by atoms with Crippen molar-refractivity contribution in [3.63, 3.8) is 0 Å². The van der Waals surface area contributed by atoms with Crippen molar-refractivity contribution in [3.05, 3.63) is 21.3 Å². The zero-order chi connectivity index (χ0) is 10.6. The Balaban J connectivity index is 2.40. The number of nitrogens with one attached hydrogen (secondary N) is 1. The molecular formula is C10H16ClNOS. The van der Waals surface area contributed by atoms with Crippen molar-refractivity contribution in [1.82, 2.24) is 5.32 Å². The molecule has 2 nitrogen and oxygen atoms in total. The predicted octanol–water partition coefficient (Wildman–Crippen LogP) is 2.92. The zero-order valence-corrected chi connectivity index (χ0v) is 10.3. The smallest absolute Gasteiger partial charge is 0.0639 e. The van der Waals surface area contributed by atoms with Crippen LogP contribution in [0.15, 0.2) is 11.4 Å². The van der Waals surface area contributed by atoms with Crippen molar-refractivity contribution < 1.29 is 4.74 Å². The van der Waals surface area contributed by atoms with Crippen LogP contribution in [0.1, 0.15) is 18.7 Å². The van der Waals surface area contributed by atoms with Crippen molar-refractivity contribution in [1.29, 1.82) is 0 Å². The fraction of sp³-hybridized carbons (Fsp3) is 0.600. The SMILES string of the molecule is COCC(C)(C)NCc1cc(Cl)cs1. The maximum absolute atomic E-state index is 5.83. The van der Waals surface area contributed by atoms with Crippen LogP contribution in [0.3, 0.4) is 0 Å². The van der Waals surface area contributed by atoms with E-state index < -0.39 is 0 Å². The molecule has 0 atom stereocenters. The first-order valence-electron chi connectivity index (χ1n) is 4.50. The molecule has 0 aromatic carbocycles. The highest BCUT2D eigenvalue weighted by Crippen LogP contribution is 2.19. The Morgan fingerprint density at radius 1 is 1.57 bits per heavy atom. The van der Waals surface area contributed by atoms with Crippen molar-refractivity contribution in [2.75, 3.05) is 13.7 Å². The van der Waals surface area contributed by atoms with Gasteiger partial charge in [-0.2, -0.15) is 0 Å². The van der Waals surface area contributed by atoms with E-state index in [-0.39, 0.29) is 5.54 Å². The summed E-state index contributed by atoms with van der Waals surface area (Å²) in [4.78, 5) is 1.25. The predicted molar refractivity (Wildman–Crippen MR) is 62.1 cm³/mol. The highest BCUT2D eigenvalue weighted by atomic mass is 35.5. The second-order valence-electron chi connectivity index (χ2n) is 3.90. The Hall–Kier alpha value is -0.0900. The van der Waals surface area contributed by atoms with Gasteiger partial charge in [-0.15, -0.1) is 11.3 Å². The van der Waals surface area contributed by atoms with Crippen LogP contribution in [0.5, 0.6) is 0 Å². The summed E-state index contributed by atoms with van der Waals surface area (Å²) in [6, 6.07) is 1.99. The molecule has 0 aliphatic rings. The molecule has 4 heteroatoms. The van der Waals surface area contributed by atoms with Gasteiger partial charge in [0, 0.05) is 29.5 Å². The summed E-state index contributed by atoms with van der Waals surface area (Å²) < 4.78 is 5.12. The number of methoxy groups -OCH3 is 1. The first kappa shape index (κ1) is 12.0. The summed E-state index contributed by atoms with van der Waals surface area (Å²) in [7, 11) is 1.71. The van der Waals surface area contributed by atoms with E-state index >= 15 is 0 Å². The van der Waals surface area contributed by atoms with Crippen LogP contribution >= 0.6 is 22.9 Å². The second kappa shape index (κ2) is 5.12. The van der Waals surface area contributed by atoms with Gasteiger partial charge in [-0.3, -0.25) is 0 Å². The highest BCUT2D eigenvalue weighted by Gasteiger charge is 2.16. The molecule has 0 saturated heterocycles.